The molecule has 5 aromatic rings. The largest absolute Gasteiger partial charge is 0.484 e. The third-order valence-electron chi connectivity index (χ3n) is 13.1. The fourth-order valence-corrected chi connectivity index (χ4v) is 9.27. The minimum atomic E-state index is -1.28. The van der Waals surface area contributed by atoms with Crippen molar-refractivity contribution in [3.8, 4) is 17.0 Å². The van der Waals surface area contributed by atoms with Crippen LogP contribution in [0.15, 0.2) is 91.4 Å². The Labute approximate surface area is 403 Å². The number of nitrogens with zero attached hydrogens (tertiary/aromatic N) is 8. The lowest BCUT2D eigenvalue weighted by Crippen LogP contribution is -2.54. The highest BCUT2D eigenvalue weighted by molar-refractivity contribution is 6.23. The molecule has 20 nitrogen and oxygen atoms in total. The fourth-order valence-electron chi connectivity index (χ4n) is 9.27. The fraction of sp³-hybridized carbons (Fsp3) is 0.360. The van der Waals surface area contributed by atoms with Gasteiger partial charge in [0.1, 0.15) is 11.8 Å². The van der Waals surface area contributed by atoms with E-state index in [4.69, 9.17) is 15.2 Å². The molecule has 3 aromatic carbocycles. The average Bonchev–Trinajstić information content (AvgIpc) is 3.95. The molecule has 0 saturated carbocycles. The lowest BCUT2D eigenvalue weighted by atomic mass is 10.0. The molecule has 0 bridgehead atoms. The summed E-state index contributed by atoms with van der Waals surface area (Å²) in [6.07, 6.45) is 6.67. The van der Waals surface area contributed by atoms with Crippen molar-refractivity contribution in [2.45, 2.75) is 57.2 Å². The van der Waals surface area contributed by atoms with E-state index in [9.17, 15) is 33.6 Å². The van der Waals surface area contributed by atoms with Crippen molar-refractivity contribution < 1.29 is 43.0 Å². The molecular formula is C50H53N11O9. The van der Waals surface area contributed by atoms with Gasteiger partial charge in [-0.25, -0.2) is 14.8 Å². The van der Waals surface area contributed by atoms with Crippen molar-refractivity contribution in [3.63, 3.8) is 0 Å². The Bertz CT molecular complexity index is 2820. The molecule has 0 radical (unpaired) electrons. The Kier molecular flexibility index (Phi) is 14.0. The highest BCUT2D eigenvalue weighted by atomic mass is 16.5. The zero-order valence-electron chi connectivity index (χ0n) is 38.6. The molecule has 20 heteroatoms. The Morgan fingerprint density at radius 3 is 2.33 bits per heavy atom. The molecule has 70 heavy (non-hydrogen) atoms. The normalized spacial score (nSPS) is 18.3. The van der Waals surface area contributed by atoms with Gasteiger partial charge < -0.3 is 30.3 Å². The third kappa shape index (κ3) is 10.6. The van der Waals surface area contributed by atoms with Crippen LogP contribution in [0.1, 0.15) is 86.6 Å². The standard InChI is InChI=1S/C50H53N11O9/c1-31-7-5-10-34(25-31)54-47(65)44(32-8-3-2-4-9-32)70-50(68)43-45(51)52-28-39(55-43)33-27-53-60(29-33)35-15-19-57(20-16-35)17-6-18-58-21-23-59(24-22-58)42(63)30-69-36-11-12-37-38(26-36)49(67)61(48(37)66)40-13-14-41(62)56-46(40)64/h2-5,7-12,25-29,35,40,44H,6,13-24,30H2,1H3,(H2,51,52)(H,54,65)(H,56,62,64)/t40?,44-/m1/s1. The molecule has 4 aliphatic rings. The van der Waals surface area contributed by atoms with Gasteiger partial charge in [-0.2, -0.15) is 5.10 Å². The van der Waals surface area contributed by atoms with Crippen molar-refractivity contribution >= 4 is 52.9 Å². The first kappa shape index (κ1) is 47.2. The highest BCUT2D eigenvalue weighted by Gasteiger charge is 2.45. The van der Waals surface area contributed by atoms with Gasteiger partial charge in [0.05, 0.1) is 35.3 Å². The second kappa shape index (κ2) is 20.8. The number of piperidine rings is 2. The quantitative estimate of drug-likeness (QED) is 0.101. The van der Waals surface area contributed by atoms with E-state index in [-0.39, 0.29) is 59.8 Å². The summed E-state index contributed by atoms with van der Waals surface area (Å²) in [5.74, 6) is -3.84. The van der Waals surface area contributed by atoms with E-state index >= 15 is 0 Å². The van der Waals surface area contributed by atoms with E-state index in [1.54, 1.807) is 47.5 Å². The van der Waals surface area contributed by atoms with Crippen molar-refractivity contribution in [3.05, 3.63) is 119 Å². The lowest BCUT2D eigenvalue weighted by Gasteiger charge is -2.36. The summed E-state index contributed by atoms with van der Waals surface area (Å²) in [7, 11) is 0. The summed E-state index contributed by atoms with van der Waals surface area (Å²) >= 11 is 0. The van der Waals surface area contributed by atoms with Gasteiger partial charge in [-0.3, -0.25) is 48.6 Å². The molecule has 2 atom stereocenters. The van der Waals surface area contributed by atoms with Crippen LogP contribution in [0.4, 0.5) is 11.5 Å². The smallest absolute Gasteiger partial charge is 0.361 e. The number of aromatic nitrogens is 4. The number of ether oxygens (including phenoxy) is 2. The number of esters is 1. The number of imide groups is 2. The second-order valence-electron chi connectivity index (χ2n) is 17.8. The molecule has 362 valence electrons. The number of nitrogens with two attached hydrogens (primary N) is 1. The zero-order chi connectivity index (χ0) is 48.9. The third-order valence-corrected chi connectivity index (χ3v) is 13.1. The number of carbonyl (C=O) groups excluding carboxylic acids is 7. The van der Waals surface area contributed by atoms with Gasteiger partial charge in [-0.15, -0.1) is 0 Å². The SMILES string of the molecule is Cc1cccc(NC(=O)[C@H](OC(=O)c2nc(-c3cnn(C4CCN(CCCN5CCN(C(=O)COc6ccc7c(c6)C(=O)N(C6CCC(=O)NC6=O)C7=O)CC5)CC4)c3)cnc2N)c2ccccc2)c1. The Hall–Kier alpha value is -7.84. The van der Waals surface area contributed by atoms with Crippen LogP contribution in [0.5, 0.6) is 5.75 Å². The molecular weight excluding hydrogens is 899 g/mol. The minimum absolute atomic E-state index is 0.0304. The van der Waals surface area contributed by atoms with Crippen LogP contribution in [0.3, 0.4) is 0 Å². The maximum absolute atomic E-state index is 13.6. The van der Waals surface area contributed by atoms with E-state index in [0.29, 0.717) is 35.6 Å². The monoisotopic (exact) mass is 951 g/mol. The maximum atomic E-state index is 13.6. The molecule has 9 rings (SSSR count). The highest BCUT2D eigenvalue weighted by Crippen LogP contribution is 2.31. The van der Waals surface area contributed by atoms with Gasteiger partial charge in [0.15, 0.2) is 18.1 Å². The molecule has 4 aliphatic heterocycles. The predicted molar refractivity (Wildman–Crippen MR) is 253 cm³/mol. The van der Waals surface area contributed by atoms with E-state index in [2.05, 4.69) is 35.5 Å². The van der Waals surface area contributed by atoms with Crippen LogP contribution in [-0.4, -0.2) is 146 Å². The molecule has 1 unspecified atom stereocenters. The summed E-state index contributed by atoms with van der Waals surface area (Å²) in [5, 5.41) is 9.67. The number of rotatable bonds is 15. The molecule has 4 N–H and O–H groups in total. The second-order valence-corrected chi connectivity index (χ2v) is 17.8. The predicted octanol–water partition coefficient (Wildman–Crippen LogP) is 3.42. The number of likely N-dealkylation sites (tertiary alicyclic amines) is 1. The van der Waals surface area contributed by atoms with E-state index < -0.39 is 47.7 Å². The van der Waals surface area contributed by atoms with Crippen molar-refractivity contribution in [2.75, 3.05) is 70.0 Å². The van der Waals surface area contributed by atoms with Crippen LogP contribution in [0.25, 0.3) is 11.3 Å². The van der Waals surface area contributed by atoms with Crippen LogP contribution < -0.4 is 21.1 Å². The average molecular weight is 952 g/mol. The molecule has 6 amide bonds. The van der Waals surface area contributed by atoms with Crippen molar-refractivity contribution in [1.29, 1.82) is 0 Å². The summed E-state index contributed by atoms with van der Waals surface area (Å²) in [5.41, 5.74) is 9.22. The van der Waals surface area contributed by atoms with Crippen LogP contribution in [0.2, 0.25) is 0 Å². The number of nitrogens with one attached hydrogen (secondary N) is 2. The van der Waals surface area contributed by atoms with Crippen LogP contribution in [-0.2, 0) is 23.9 Å². The number of hydrogen-bond donors (Lipinski definition) is 3. The summed E-state index contributed by atoms with van der Waals surface area (Å²) in [6, 6.07) is 19.6. The van der Waals surface area contributed by atoms with E-state index in [0.717, 1.165) is 69.0 Å². The van der Waals surface area contributed by atoms with Gasteiger partial charge in [-0.05, 0) is 81.6 Å². The molecule has 2 aromatic heterocycles. The summed E-state index contributed by atoms with van der Waals surface area (Å²) in [4.78, 5) is 107. The van der Waals surface area contributed by atoms with Gasteiger partial charge in [0, 0.05) is 68.7 Å². The minimum Gasteiger partial charge on any atom is -0.484 e. The first-order valence-electron chi connectivity index (χ1n) is 23.4. The number of anilines is 2. The van der Waals surface area contributed by atoms with Crippen molar-refractivity contribution in [1.82, 2.24) is 44.7 Å². The zero-order valence-corrected chi connectivity index (χ0v) is 38.6. The number of nitrogen functional groups attached to an aromatic ring is 1. The van der Waals surface area contributed by atoms with Gasteiger partial charge >= 0.3 is 5.97 Å². The Morgan fingerprint density at radius 1 is 0.843 bits per heavy atom. The Morgan fingerprint density at radius 2 is 1.59 bits per heavy atom. The molecule has 0 aliphatic carbocycles. The molecule has 6 heterocycles. The number of benzene rings is 3. The maximum Gasteiger partial charge on any atom is 0.361 e. The summed E-state index contributed by atoms with van der Waals surface area (Å²) < 4.78 is 13.5. The van der Waals surface area contributed by atoms with Gasteiger partial charge in [-0.1, -0.05) is 42.5 Å². The van der Waals surface area contributed by atoms with Gasteiger partial charge in [0.25, 0.3) is 23.6 Å². The summed E-state index contributed by atoms with van der Waals surface area (Å²) in [6.45, 7) is 7.96. The molecule has 3 saturated heterocycles. The molecule has 0 spiro atoms. The first-order chi connectivity index (χ1) is 33.9. The number of piperazine rings is 1. The van der Waals surface area contributed by atoms with E-state index in [1.165, 1.54) is 24.4 Å². The molecule has 3 fully saturated rings. The number of aryl methyl sites for hydroxylation is 1. The Balaban J connectivity index is 0.701. The number of amides is 6. The lowest BCUT2D eigenvalue weighted by molar-refractivity contribution is -0.136. The van der Waals surface area contributed by atoms with Crippen molar-refractivity contribution in [2.24, 2.45) is 0 Å². The van der Waals surface area contributed by atoms with E-state index in [1.807, 2.05) is 36.0 Å². The first-order valence-corrected chi connectivity index (χ1v) is 23.4. The number of carbonyl (C=O) groups is 7. The number of hydrogen-bond acceptors (Lipinski definition) is 15. The number of fused-ring (bicyclic) bond motifs is 1. The van der Waals surface area contributed by atoms with Crippen LogP contribution in [0, 0.1) is 6.92 Å². The van der Waals surface area contributed by atoms with Crippen LogP contribution >= 0.6 is 0 Å². The van der Waals surface area contributed by atoms with Gasteiger partial charge in [0.2, 0.25) is 17.9 Å². The topological polar surface area (TPSA) is 245 Å².